The molecule has 1 aromatic carbocycles. The summed E-state index contributed by atoms with van der Waals surface area (Å²) in [6.07, 6.45) is 1.78. The van der Waals surface area contributed by atoms with E-state index in [2.05, 4.69) is 4.90 Å². The third-order valence-electron chi connectivity index (χ3n) is 3.31. The van der Waals surface area contributed by atoms with E-state index in [0.29, 0.717) is 0 Å². The van der Waals surface area contributed by atoms with Gasteiger partial charge >= 0.3 is 0 Å². The van der Waals surface area contributed by atoms with Crippen LogP contribution < -0.4 is 5.73 Å². The van der Waals surface area contributed by atoms with E-state index in [1.807, 2.05) is 0 Å². The lowest BCUT2D eigenvalue weighted by Crippen LogP contribution is -2.40. The van der Waals surface area contributed by atoms with Crippen molar-refractivity contribution in [2.75, 3.05) is 19.6 Å². The van der Waals surface area contributed by atoms with Gasteiger partial charge in [0.15, 0.2) is 0 Å². The van der Waals surface area contributed by atoms with E-state index >= 15 is 0 Å². The molecule has 4 N–H and O–H groups in total. The normalized spacial score (nSPS) is 20.4. The molecule has 17 heavy (non-hydrogen) atoms. The fourth-order valence-corrected chi connectivity index (χ4v) is 2.28. The molecule has 94 valence electrons. The van der Waals surface area contributed by atoms with Crippen molar-refractivity contribution >= 4 is 0 Å². The molecule has 2 rings (SSSR count). The van der Waals surface area contributed by atoms with Crippen LogP contribution in [0.5, 0.6) is 5.75 Å². The van der Waals surface area contributed by atoms with Gasteiger partial charge in [-0.3, -0.25) is 0 Å². The second-order valence-corrected chi connectivity index (χ2v) is 4.71. The molecule has 0 bridgehead atoms. The summed E-state index contributed by atoms with van der Waals surface area (Å²) >= 11 is 0. The lowest BCUT2D eigenvalue weighted by atomic mass is 10.0. The molecular formula is C13H20N2O2. The SMILES string of the molecule is N[C@H](CN1CCCC1)[C@H](O)c1ccc(O)cc1. The predicted molar refractivity (Wildman–Crippen MR) is 66.7 cm³/mol. The van der Waals surface area contributed by atoms with Crippen LogP contribution in [0.3, 0.4) is 0 Å². The smallest absolute Gasteiger partial charge is 0.115 e. The highest BCUT2D eigenvalue weighted by Gasteiger charge is 2.21. The summed E-state index contributed by atoms with van der Waals surface area (Å²) in [6.45, 7) is 2.88. The van der Waals surface area contributed by atoms with Crippen LogP contribution >= 0.6 is 0 Å². The van der Waals surface area contributed by atoms with Crippen molar-refractivity contribution < 1.29 is 10.2 Å². The molecule has 2 atom stereocenters. The quantitative estimate of drug-likeness (QED) is 0.725. The number of hydrogen-bond donors (Lipinski definition) is 3. The standard InChI is InChI=1S/C13H20N2O2/c14-12(9-15-7-1-2-8-15)13(17)10-3-5-11(16)6-4-10/h3-6,12-13,16-17H,1-2,7-9,14H2/t12-,13-/m1/s1. The Balaban J connectivity index is 1.93. The maximum absolute atomic E-state index is 10.1. The average Bonchev–Trinajstić information content (AvgIpc) is 2.82. The Kier molecular flexibility index (Phi) is 3.99. The van der Waals surface area contributed by atoms with Crippen LogP contribution in [-0.2, 0) is 0 Å². The van der Waals surface area contributed by atoms with E-state index in [1.165, 1.54) is 12.8 Å². The van der Waals surface area contributed by atoms with Crippen molar-refractivity contribution in [3.8, 4) is 5.75 Å². The van der Waals surface area contributed by atoms with Gasteiger partial charge in [-0.2, -0.15) is 0 Å². The average molecular weight is 236 g/mol. The third kappa shape index (κ3) is 3.19. The Morgan fingerprint density at radius 2 is 1.76 bits per heavy atom. The number of aliphatic hydroxyl groups excluding tert-OH is 1. The van der Waals surface area contributed by atoms with Crippen molar-refractivity contribution in [3.05, 3.63) is 29.8 Å². The van der Waals surface area contributed by atoms with Gasteiger partial charge in [0.1, 0.15) is 5.75 Å². The zero-order valence-corrected chi connectivity index (χ0v) is 9.92. The fourth-order valence-electron chi connectivity index (χ4n) is 2.28. The first-order valence-electron chi connectivity index (χ1n) is 6.12. The zero-order chi connectivity index (χ0) is 12.3. The molecule has 0 spiro atoms. The van der Waals surface area contributed by atoms with E-state index in [9.17, 15) is 10.2 Å². The molecule has 1 aliphatic rings. The molecule has 0 aliphatic carbocycles. The van der Waals surface area contributed by atoms with Gasteiger partial charge in [0.05, 0.1) is 6.10 Å². The van der Waals surface area contributed by atoms with Gasteiger partial charge in [-0.05, 0) is 43.6 Å². The minimum Gasteiger partial charge on any atom is -0.508 e. The molecule has 4 heteroatoms. The highest BCUT2D eigenvalue weighted by Crippen LogP contribution is 2.20. The lowest BCUT2D eigenvalue weighted by molar-refractivity contribution is 0.125. The summed E-state index contributed by atoms with van der Waals surface area (Å²) in [7, 11) is 0. The van der Waals surface area contributed by atoms with Crippen molar-refractivity contribution in [1.29, 1.82) is 0 Å². The number of nitrogens with two attached hydrogens (primary N) is 1. The number of benzene rings is 1. The van der Waals surface area contributed by atoms with Gasteiger partial charge in [0.2, 0.25) is 0 Å². The summed E-state index contributed by atoms with van der Waals surface area (Å²) in [5, 5.41) is 19.3. The maximum atomic E-state index is 10.1. The van der Waals surface area contributed by atoms with Crippen LogP contribution in [0.4, 0.5) is 0 Å². The Bertz CT molecular complexity index is 347. The second kappa shape index (κ2) is 5.49. The number of aliphatic hydroxyl groups is 1. The summed E-state index contributed by atoms with van der Waals surface area (Å²) in [6, 6.07) is 6.29. The molecule has 4 nitrogen and oxygen atoms in total. The third-order valence-corrected chi connectivity index (χ3v) is 3.31. The van der Waals surface area contributed by atoms with Gasteiger partial charge in [-0.25, -0.2) is 0 Å². The molecule has 0 aromatic heterocycles. The van der Waals surface area contributed by atoms with Gasteiger partial charge in [-0.15, -0.1) is 0 Å². The number of likely N-dealkylation sites (tertiary alicyclic amines) is 1. The molecular weight excluding hydrogens is 216 g/mol. The van der Waals surface area contributed by atoms with Crippen LogP contribution in [0, 0.1) is 0 Å². The van der Waals surface area contributed by atoms with Crippen LogP contribution in [0.15, 0.2) is 24.3 Å². The van der Waals surface area contributed by atoms with Gasteiger partial charge < -0.3 is 20.8 Å². The molecule has 0 radical (unpaired) electrons. The van der Waals surface area contributed by atoms with Gasteiger partial charge in [0, 0.05) is 12.6 Å². The summed E-state index contributed by atoms with van der Waals surface area (Å²) in [5.41, 5.74) is 6.77. The second-order valence-electron chi connectivity index (χ2n) is 4.71. The van der Waals surface area contributed by atoms with E-state index in [4.69, 9.17) is 5.73 Å². The summed E-state index contributed by atoms with van der Waals surface area (Å²) in [5.74, 6) is 0.203. The highest BCUT2D eigenvalue weighted by molar-refractivity contribution is 5.27. The molecule has 1 saturated heterocycles. The maximum Gasteiger partial charge on any atom is 0.115 e. The van der Waals surface area contributed by atoms with Crippen LogP contribution in [0.25, 0.3) is 0 Å². The summed E-state index contributed by atoms with van der Waals surface area (Å²) in [4.78, 5) is 2.29. The molecule has 0 unspecified atom stereocenters. The number of rotatable bonds is 4. The number of aromatic hydroxyl groups is 1. The number of phenols is 1. The van der Waals surface area contributed by atoms with E-state index in [1.54, 1.807) is 24.3 Å². The largest absolute Gasteiger partial charge is 0.508 e. The summed E-state index contributed by atoms with van der Waals surface area (Å²) < 4.78 is 0. The Morgan fingerprint density at radius 3 is 2.35 bits per heavy atom. The Hall–Kier alpha value is -1.10. The van der Waals surface area contributed by atoms with E-state index in [-0.39, 0.29) is 11.8 Å². The Morgan fingerprint density at radius 1 is 1.18 bits per heavy atom. The topological polar surface area (TPSA) is 69.7 Å². The molecule has 1 aliphatic heterocycles. The van der Waals surface area contributed by atoms with Crippen molar-refractivity contribution in [2.45, 2.75) is 25.0 Å². The number of nitrogens with zero attached hydrogens (tertiary/aromatic N) is 1. The Labute approximate surface area is 102 Å². The molecule has 1 fully saturated rings. The first-order chi connectivity index (χ1) is 8.16. The fraction of sp³-hybridized carbons (Fsp3) is 0.538. The minimum absolute atomic E-state index is 0.203. The molecule has 1 aromatic rings. The van der Waals surface area contributed by atoms with E-state index in [0.717, 1.165) is 25.2 Å². The monoisotopic (exact) mass is 236 g/mol. The van der Waals surface area contributed by atoms with Crippen LogP contribution in [-0.4, -0.2) is 40.8 Å². The molecule has 1 heterocycles. The van der Waals surface area contributed by atoms with Crippen molar-refractivity contribution in [3.63, 3.8) is 0 Å². The zero-order valence-electron chi connectivity index (χ0n) is 9.92. The number of hydrogen-bond acceptors (Lipinski definition) is 4. The van der Waals surface area contributed by atoms with E-state index < -0.39 is 6.10 Å². The first kappa shape index (κ1) is 12.4. The highest BCUT2D eigenvalue weighted by atomic mass is 16.3. The predicted octanol–water partition coefficient (Wildman–Crippen LogP) is 0.849. The van der Waals surface area contributed by atoms with Crippen LogP contribution in [0.1, 0.15) is 24.5 Å². The lowest BCUT2D eigenvalue weighted by Gasteiger charge is -2.24. The first-order valence-corrected chi connectivity index (χ1v) is 6.12. The van der Waals surface area contributed by atoms with Crippen molar-refractivity contribution in [2.24, 2.45) is 5.73 Å². The van der Waals surface area contributed by atoms with Crippen molar-refractivity contribution in [1.82, 2.24) is 4.90 Å². The molecule has 0 saturated carbocycles. The molecule has 0 amide bonds. The van der Waals surface area contributed by atoms with Gasteiger partial charge in [-0.1, -0.05) is 12.1 Å². The minimum atomic E-state index is -0.670. The van der Waals surface area contributed by atoms with Gasteiger partial charge in [0.25, 0.3) is 0 Å². The van der Waals surface area contributed by atoms with Crippen LogP contribution in [0.2, 0.25) is 0 Å². The number of phenolic OH excluding ortho intramolecular Hbond substituents is 1.